The highest BCUT2D eigenvalue weighted by Gasteiger charge is 2.55. The zero-order chi connectivity index (χ0) is 38.0. The van der Waals surface area contributed by atoms with Crippen LogP contribution in [-0.2, 0) is 19.2 Å². The molecule has 0 spiro atoms. The Hall–Kier alpha value is -5.39. The summed E-state index contributed by atoms with van der Waals surface area (Å²) in [5, 5.41) is 72.8. The molecule has 1 fully saturated rings. The molecule has 0 amide bonds. The minimum Gasteiger partial charge on any atom is -0.479 e. The van der Waals surface area contributed by atoms with Gasteiger partial charge in [0.15, 0.2) is 12.2 Å². The predicted molar refractivity (Wildman–Crippen MR) is 172 cm³/mol. The summed E-state index contributed by atoms with van der Waals surface area (Å²) in [7, 11) is 2.19. The Morgan fingerprint density at radius 1 is 0.720 bits per heavy atom. The van der Waals surface area contributed by atoms with Crippen molar-refractivity contribution in [3.05, 3.63) is 101 Å². The fourth-order valence-electron chi connectivity index (χ4n) is 4.79. The predicted octanol–water partition coefficient (Wildman–Crippen LogP) is 0.726. The fourth-order valence-corrected chi connectivity index (χ4v) is 4.79. The van der Waals surface area contributed by atoms with Gasteiger partial charge in [-0.3, -0.25) is 19.5 Å². The third-order valence-corrected chi connectivity index (χ3v) is 7.82. The van der Waals surface area contributed by atoms with Gasteiger partial charge in [0.2, 0.25) is 11.6 Å². The maximum atomic E-state index is 11.9. The van der Waals surface area contributed by atoms with Crippen molar-refractivity contribution < 1.29 is 69.6 Å². The molecule has 1 saturated heterocycles. The van der Waals surface area contributed by atoms with Crippen molar-refractivity contribution in [2.24, 2.45) is 0 Å². The summed E-state index contributed by atoms with van der Waals surface area (Å²) in [4.78, 5) is 73.5. The van der Waals surface area contributed by atoms with Gasteiger partial charge >= 0.3 is 23.9 Å². The molecule has 1 aliphatic rings. The first-order valence-corrected chi connectivity index (χ1v) is 14.9. The molecule has 8 N–H and O–H groups in total. The Balaban J connectivity index is 0.000000267. The van der Waals surface area contributed by atoms with E-state index in [1.54, 1.807) is 13.8 Å². The fraction of sp³-hybridized carbons (Fsp3) is 0.324. The number of nitrogens with zero attached hydrogens (tertiary/aromatic N) is 2. The van der Waals surface area contributed by atoms with E-state index in [4.69, 9.17) is 20.4 Å². The molecule has 1 aliphatic heterocycles. The van der Waals surface area contributed by atoms with Gasteiger partial charge in [-0.15, -0.1) is 0 Å². The molecule has 0 saturated carbocycles. The molecule has 4 unspecified atom stereocenters. The van der Waals surface area contributed by atoms with E-state index in [1.807, 2.05) is 18.5 Å². The van der Waals surface area contributed by atoms with Crippen LogP contribution in [0.1, 0.15) is 56.3 Å². The maximum Gasteiger partial charge on any atom is 0.347 e. The van der Waals surface area contributed by atoms with E-state index in [9.17, 15) is 49.2 Å². The first kappa shape index (κ1) is 40.8. The van der Waals surface area contributed by atoms with Crippen LogP contribution in [0, 0.1) is 13.8 Å². The van der Waals surface area contributed by atoms with Crippen molar-refractivity contribution in [1.82, 2.24) is 9.88 Å². The van der Waals surface area contributed by atoms with E-state index in [1.165, 1.54) is 73.5 Å². The number of Topliss-reactive ketones (excluding diaryl/α,β-unsaturated/α-hetero) is 2. The highest BCUT2D eigenvalue weighted by atomic mass is 16.5. The van der Waals surface area contributed by atoms with Gasteiger partial charge in [-0.1, -0.05) is 65.7 Å². The molecule has 50 heavy (non-hydrogen) atoms. The summed E-state index contributed by atoms with van der Waals surface area (Å²) in [6.07, 6.45) is 0.876. The number of aliphatic carboxylic acids is 4. The van der Waals surface area contributed by atoms with Crippen LogP contribution in [0.3, 0.4) is 0 Å². The van der Waals surface area contributed by atoms with E-state index < -0.39 is 58.9 Å². The van der Waals surface area contributed by atoms with Crippen LogP contribution in [0.4, 0.5) is 0 Å². The lowest BCUT2D eigenvalue weighted by Crippen LogP contribution is -2.58. The number of carbonyl (C=O) groups is 6. The Bertz CT molecular complexity index is 1580. The van der Waals surface area contributed by atoms with Gasteiger partial charge in [0.25, 0.3) is 11.2 Å². The minimum atomic E-state index is -3.43. The lowest BCUT2D eigenvalue weighted by atomic mass is 9.87. The molecule has 0 radical (unpaired) electrons. The SMILES string of the molecule is CN1CCC[C@H]1c1cccnc1.Cc1ccc(C(=O)C(O)(C(=O)O)C(O)C(=O)O)cc1.Cc1ccc(C(=O)C(O)(C(=O)O)C(O)C(=O)O)cc1. The van der Waals surface area contributed by atoms with Gasteiger partial charge in [-0.25, -0.2) is 19.2 Å². The highest BCUT2D eigenvalue weighted by Crippen LogP contribution is 2.29. The number of aliphatic hydroxyl groups excluding tert-OH is 2. The van der Waals surface area contributed by atoms with Crippen LogP contribution < -0.4 is 0 Å². The van der Waals surface area contributed by atoms with E-state index in [0.717, 1.165) is 11.1 Å². The number of aromatic nitrogens is 1. The molecule has 0 bridgehead atoms. The van der Waals surface area contributed by atoms with Gasteiger partial charge in [-0.2, -0.15) is 0 Å². The third-order valence-electron chi connectivity index (χ3n) is 7.82. The standard InChI is InChI=1S/2C12H12O7.C10H14N2/c2*1-6-2-4-7(5-3-6)8(13)12(19,11(17)18)9(14)10(15)16;1-12-7-3-5-10(12)9-4-2-6-11-8-9/h2*2-5,9,14,19H,1H3,(H,15,16)(H,17,18);2,4,6,8,10H,3,5,7H2,1H3/t;;10-/m..0/s1. The quantitative estimate of drug-likeness (QED) is 0.101. The number of aryl methyl sites for hydroxylation is 2. The van der Waals surface area contributed by atoms with Gasteiger partial charge < -0.3 is 40.9 Å². The molecular formula is C34H38N2O14. The smallest absolute Gasteiger partial charge is 0.347 e. The van der Waals surface area contributed by atoms with Crippen molar-refractivity contribution in [2.45, 2.75) is 56.1 Å². The Morgan fingerprint density at radius 2 is 1.12 bits per heavy atom. The molecule has 1 aromatic heterocycles. The van der Waals surface area contributed by atoms with Crippen LogP contribution in [0.15, 0.2) is 73.1 Å². The first-order chi connectivity index (χ1) is 23.3. The van der Waals surface area contributed by atoms with E-state index >= 15 is 0 Å². The molecule has 268 valence electrons. The van der Waals surface area contributed by atoms with Crippen LogP contribution >= 0.6 is 0 Å². The molecule has 4 rings (SSSR count). The van der Waals surface area contributed by atoms with Gasteiger partial charge in [0.05, 0.1) is 0 Å². The number of likely N-dealkylation sites (tertiary alicyclic amines) is 1. The van der Waals surface area contributed by atoms with Crippen molar-refractivity contribution in [2.75, 3.05) is 13.6 Å². The molecule has 2 aromatic carbocycles. The van der Waals surface area contributed by atoms with Crippen molar-refractivity contribution >= 4 is 35.4 Å². The largest absolute Gasteiger partial charge is 0.479 e. The Morgan fingerprint density at radius 3 is 1.40 bits per heavy atom. The number of rotatable bonds is 11. The number of aliphatic hydroxyl groups is 4. The zero-order valence-electron chi connectivity index (χ0n) is 27.2. The number of carbonyl (C=O) groups excluding carboxylic acids is 2. The van der Waals surface area contributed by atoms with Crippen LogP contribution in [0.2, 0.25) is 0 Å². The van der Waals surface area contributed by atoms with Crippen LogP contribution in [0.25, 0.3) is 0 Å². The second kappa shape index (κ2) is 17.3. The average Bonchev–Trinajstić information content (AvgIpc) is 3.53. The highest BCUT2D eigenvalue weighted by molar-refractivity contribution is 6.18. The number of hydrogen-bond donors (Lipinski definition) is 8. The first-order valence-electron chi connectivity index (χ1n) is 14.9. The normalized spacial score (nSPS) is 17.5. The van der Waals surface area contributed by atoms with Gasteiger partial charge in [0.1, 0.15) is 0 Å². The minimum absolute atomic E-state index is 0.212. The molecule has 2 heterocycles. The number of pyridine rings is 1. The summed E-state index contributed by atoms with van der Waals surface area (Å²) < 4.78 is 0. The van der Waals surface area contributed by atoms with E-state index in [0.29, 0.717) is 6.04 Å². The summed E-state index contributed by atoms with van der Waals surface area (Å²) in [6.45, 7) is 4.67. The molecular weight excluding hydrogens is 660 g/mol. The second-order valence-electron chi connectivity index (χ2n) is 11.4. The number of carboxylic acids is 4. The Kier molecular flexibility index (Phi) is 14.1. The Labute approximate surface area is 285 Å². The molecule has 16 heteroatoms. The molecule has 16 nitrogen and oxygen atoms in total. The average molecular weight is 699 g/mol. The number of ketones is 2. The van der Waals surface area contributed by atoms with Crippen LogP contribution in [-0.4, -0.2) is 123 Å². The molecule has 5 atom stereocenters. The van der Waals surface area contributed by atoms with Crippen LogP contribution in [0.5, 0.6) is 0 Å². The molecule has 3 aromatic rings. The second-order valence-corrected chi connectivity index (χ2v) is 11.4. The van der Waals surface area contributed by atoms with Crippen molar-refractivity contribution in [3.63, 3.8) is 0 Å². The zero-order valence-corrected chi connectivity index (χ0v) is 27.2. The third kappa shape index (κ3) is 9.40. The summed E-state index contributed by atoms with van der Waals surface area (Å²) in [5.74, 6) is -11.1. The van der Waals surface area contributed by atoms with Crippen molar-refractivity contribution in [3.8, 4) is 0 Å². The summed E-state index contributed by atoms with van der Waals surface area (Å²) in [5.41, 5.74) is -4.35. The number of carboxylic acid groups (broad SMARTS) is 4. The monoisotopic (exact) mass is 698 g/mol. The summed E-state index contributed by atoms with van der Waals surface area (Å²) in [6, 6.07) is 15.7. The maximum absolute atomic E-state index is 11.9. The van der Waals surface area contributed by atoms with E-state index in [-0.39, 0.29) is 11.1 Å². The number of benzene rings is 2. The van der Waals surface area contributed by atoms with Crippen molar-refractivity contribution in [1.29, 1.82) is 0 Å². The summed E-state index contributed by atoms with van der Waals surface area (Å²) >= 11 is 0. The topological polar surface area (TPSA) is 280 Å². The van der Waals surface area contributed by atoms with Gasteiger partial charge in [-0.05, 0) is 51.9 Å². The lowest BCUT2D eigenvalue weighted by molar-refractivity contribution is -0.175. The van der Waals surface area contributed by atoms with E-state index in [2.05, 4.69) is 23.0 Å². The molecule has 0 aliphatic carbocycles. The van der Waals surface area contributed by atoms with Gasteiger partial charge in [0, 0.05) is 29.6 Å². The number of hydrogen-bond acceptors (Lipinski definition) is 12. The lowest BCUT2D eigenvalue weighted by Gasteiger charge is -2.24.